The number of H-pyrrole nitrogens is 1. The summed E-state index contributed by atoms with van der Waals surface area (Å²) in [6.07, 6.45) is 2.19. The molecule has 3 rings (SSSR count). The first-order valence-electron chi connectivity index (χ1n) is 7.34. The Hall–Kier alpha value is -1.52. The van der Waals surface area contributed by atoms with E-state index in [1.807, 2.05) is 13.0 Å². The predicted octanol–water partition coefficient (Wildman–Crippen LogP) is 3.46. The van der Waals surface area contributed by atoms with E-state index in [1.54, 1.807) is 12.1 Å². The number of phenolic OH excluding ortho intramolecular Hbond substituents is 1. The standard InChI is InChI=1S/C16H20ClN3O/c1-11-9-15(19-18-11)12-5-7-20(8-6-12)10-13-14(17)3-2-4-16(13)21/h2-4,9,12,21H,5-8,10H2,1H3,(H,18,19). The first-order valence-corrected chi connectivity index (χ1v) is 7.72. The first-order chi connectivity index (χ1) is 10.1. The molecule has 1 aromatic carbocycles. The number of phenols is 1. The summed E-state index contributed by atoms with van der Waals surface area (Å²) in [5, 5.41) is 18.0. The molecular formula is C16H20ClN3O. The number of aromatic hydroxyl groups is 1. The normalized spacial score (nSPS) is 17.2. The fraction of sp³-hybridized carbons (Fsp3) is 0.438. The Morgan fingerprint density at radius 2 is 2.14 bits per heavy atom. The number of aromatic nitrogens is 2. The highest BCUT2D eigenvalue weighted by Gasteiger charge is 2.23. The van der Waals surface area contributed by atoms with Crippen LogP contribution in [0.25, 0.3) is 0 Å². The number of nitrogens with one attached hydrogen (secondary N) is 1. The molecule has 0 amide bonds. The summed E-state index contributed by atoms with van der Waals surface area (Å²) in [5.41, 5.74) is 3.12. The Morgan fingerprint density at radius 3 is 2.76 bits per heavy atom. The molecule has 2 N–H and O–H groups in total. The smallest absolute Gasteiger partial charge is 0.121 e. The summed E-state index contributed by atoms with van der Waals surface area (Å²) < 4.78 is 0. The summed E-state index contributed by atoms with van der Waals surface area (Å²) in [4.78, 5) is 2.34. The van der Waals surface area contributed by atoms with Gasteiger partial charge in [0.2, 0.25) is 0 Å². The average Bonchev–Trinajstić information content (AvgIpc) is 2.90. The van der Waals surface area contributed by atoms with E-state index in [4.69, 9.17) is 11.6 Å². The number of benzene rings is 1. The number of aryl methyl sites for hydroxylation is 1. The molecule has 0 spiro atoms. The quantitative estimate of drug-likeness (QED) is 0.913. The molecule has 0 unspecified atom stereocenters. The van der Waals surface area contributed by atoms with Crippen molar-refractivity contribution in [2.24, 2.45) is 0 Å². The van der Waals surface area contributed by atoms with Gasteiger partial charge in [-0.2, -0.15) is 5.10 Å². The SMILES string of the molecule is Cc1cc(C2CCN(Cc3c(O)cccc3Cl)CC2)n[nH]1. The van der Waals surface area contributed by atoms with Crippen molar-refractivity contribution in [2.45, 2.75) is 32.2 Å². The van der Waals surface area contributed by atoms with Crippen LogP contribution in [0, 0.1) is 6.92 Å². The maximum atomic E-state index is 9.93. The number of hydrogen-bond donors (Lipinski definition) is 2. The van der Waals surface area contributed by atoms with Crippen molar-refractivity contribution in [2.75, 3.05) is 13.1 Å². The third kappa shape index (κ3) is 3.22. The molecule has 2 heterocycles. The van der Waals surface area contributed by atoms with Gasteiger partial charge in [-0.15, -0.1) is 0 Å². The Morgan fingerprint density at radius 1 is 1.38 bits per heavy atom. The highest BCUT2D eigenvalue weighted by atomic mass is 35.5. The van der Waals surface area contributed by atoms with Crippen molar-refractivity contribution >= 4 is 11.6 Å². The number of likely N-dealkylation sites (tertiary alicyclic amines) is 1. The molecule has 0 radical (unpaired) electrons. The van der Waals surface area contributed by atoms with Crippen LogP contribution < -0.4 is 0 Å². The minimum Gasteiger partial charge on any atom is -0.508 e. The zero-order chi connectivity index (χ0) is 14.8. The monoisotopic (exact) mass is 305 g/mol. The molecule has 0 saturated carbocycles. The van der Waals surface area contributed by atoms with E-state index in [-0.39, 0.29) is 5.75 Å². The average molecular weight is 306 g/mol. The highest BCUT2D eigenvalue weighted by Crippen LogP contribution is 2.31. The minimum atomic E-state index is 0.285. The van der Waals surface area contributed by atoms with Gasteiger partial charge >= 0.3 is 0 Å². The maximum absolute atomic E-state index is 9.93. The Labute approximate surface area is 129 Å². The molecule has 112 valence electrons. The highest BCUT2D eigenvalue weighted by molar-refractivity contribution is 6.31. The van der Waals surface area contributed by atoms with Gasteiger partial charge in [0.1, 0.15) is 5.75 Å². The summed E-state index contributed by atoms with van der Waals surface area (Å²) >= 11 is 6.18. The minimum absolute atomic E-state index is 0.285. The predicted molar refractivity (Wildman–Crippen MR) is 83.7 cm³/mol. The maximum Gasteiger partial charge on any atom is 0.121 e. The van der Waals surface area contributed by atoms with Crippen LogP contribution in [-0.4, -0.2) is 33.3 Å². The van der Waals surface area contributed by atoms with Crippen molar-refractivity contribution in [1.29, 1.82) is 0 Å². The second kappa shape index (κ2) is 6.08. The lowest BCUT2D eigenvalue weighted by atomic mass is 9.93. The number of hydrogen-bond acceptors (Lipinski definition) is 3. The van der Waals surface area contributed by atoms with Crippen molar-refractivity contribution in [1.82, 2.24) is 15.1 Å². The van der Waals surface area contributed by atoms with Crippen molar-refractivity contribution < 1.29 is 5.11 Å². The van der Waals surface area contributed by atoms with Gasteiger partial charge in [0.15, 0.2) is 0 Å². The number of halogens is 1. The second-order valence-corrected chi connectivity index (χ2v) is 6.17. The molecular weight excluding hydrogens is 286 g/mol. The molecule has 0 bridgehead atoms. The van der Waals surface area contributed by atoms with Gasteiger partial charge in [-0.3, -0.25) is 10.00 Å². The Balaban J connectivity index is 1.61. The zero-order valence-corrected chi connectivity index (χ0v) is 12.9. The third-order valence-corrected chi connectivity index (χ3v) is 4.56. The molecule has 0 atom stereocenters. The van der Waals surface area contributed by atoms with Gasteiger partial charge in [-0.05, 0) is 51.1 Å². The summed E-state index contributed by atoms with van der Waals surface area (Å²) in [6, 6.07) is 7.43. The molecule has 1 aliphatic heterocycles. The van der Waals surface area contributed by atoms with E-state index in [2.05, 4.69) is 21.2 Å². The number of nitrogens with zero attached hydrogens (tertiary/aromatic N) is 2. The van der Waals surface area contributed by atoms with Crippen LogP contribution in [-0.2, 0) is 6.54 Å². The van der Waals surface area contributed by atoms with E-state index < -0.39 is 0 Å². The third-order valence-electron chi connectivity index (χ3n) is 4.21. The van der Waals surface area contributed by atoms with Gasteiger partial charge in [-0.25, -0.2) is 0 Å². The summed E-state index contributed by atoms with van der Waals surface area (Å²) in [7, 11) is 0. The van der Waals surface area contributed by atoms with Gasteiger partial charge < -0.3 is 5.11 Å². The molecule has 1 aromatic heterocycles. The molecule has 1 aliphatic rings. The fourth-order valence-electron chi connectivity index (χ4n) is 2.96. The topological polar surface area (TPSA) is 52.1 Å². The Kier molecular flexibility index (Phi) is 4.17. The van der Waals surface area contributed by atoms with Gasteiger partial charge in [0.25, 0.3) is 0 Å². The van der Waals surface area contributed by atoms with Gasteiger partial charge in [-0.1, -0.05) is 17.7 Å². The van der Waals surface area contributed by atoms with Crippen LogP contribution in [0.1, 0.15) is 35.7 Å². The lowest BCUT2D eigenvalue weighted by Gasteiger charge is -2.31. The molecule has 1 fully saturated rings. The fourth-order valence-corrected chi connectivity index (χ4v) is 3.19. The summed E-state index contributed by atoms with van der Waals surface area (Å²) in [6.45, 7) is 4.74. The van der Waals surface area contributed by atoms with Crippen LogP contribution in [0.3, 0.4) is 0 Å². The van der Waals surface area contributed by atoms with Gasteiger partial charge in [0, 0.05) is 28.7 Å². The molecule has 4 nitrogen and oxygen atoms in total. The molecule has 2 aromatic rings. The summed E-state index contributed by atoms with van der Waals surface area (Å²) in [5.74, 6) is 0.818. The van der Waals surface area contributed by atoms with E-state index in [9.17, 15) is 5.11 Å². The van der Waals surface area contributed by atoms with E-state index in [0.717, 1.165) is 37.2 Å². The van der Waals surface area contributed by atoms with E-state index in [1.165, 1.54) is 5.69 Å². The number of rotatable bonds is 3. The number of piperidine rings is 1. The molecule has 5 heteroatoms. The van der Waals surface area contributed by atoms with Crippen LogP contribution in [0.15, 0.2) is 24.3 Å². The van der Waals surface area contributed by atoms with Crippen molar-refractivity contribution in [3.8, 4) is 5.75 Å². The Bertz CT molecular complexity index is 597. The number of aromatic amines is 1. The molecule has 0 aliphatic carbocycles. The van der Waals surface area contributed by atoms with Crippen LogP contribution in [0.5, 0.6) is 5.75 Å². The lowest BCUT2D eigenvalue weighted by Crippen LogP contribution is -2.32. The van der Waals surface area contributed by atoms with Crippen LogP contribution >= 0.6 is 11.6 Å². The van der Waals surface area contributed by atoms with E-state index >= 15 is 0 Å². The van der Waals surface area contributed by atoms with Crippen molar-refractivity contribution in [3.63, 3.8) is 0 Å². The molecule has 21 heavy (non-hydrogen) atoms. The lowest BCUT2D eigenvalue weighted by molar-refractivity contribution is 0.201. The van der Waals surface area contributed by atoms with E-state index in [0.29, 0.717) is 17.5 Å². The molecule has 1 saturated heterocycles. The van der Waals surface area contributed by atoms with Crippen molar-refractivity contribution in [3.05, 3.63) is 46.2 Å². The van der Waals surface area contributed by atoms with Gasteiger partial charge in [0.05, 0.1) is 5.69 Å². The van der Waals surface area contributed by atoms with Crippen LogP contribution in [0.4, 0.5) is 0 Å². The largest absolute Gasteiger partial charge is 0.508 e. The zero-order valence-electron chi connectivity index (χ0n) is 12.1. The first kappa shape index (κ1) is 14.4. The van der Waals surface area contributed by atoms with Crippen LogP contribution in [0.2, 0.25) is 5.02 Å². The second-order valence-electron chi connectivity index (χ2n) is 5.76.